The summed E-state index contributed by atoms with van der Waals surface area (Å²) in [6, 6.07) is 21.9. The molecule has 28 heavy (non-hydrogen) atoms. The number of para-hydroxylation sites is 1. The monoisotopic (exact) mass is 395 g/mol. The first-order chi connectivity index (χ1) is 13.4. The van der Waals surface area contributed by atoms with E-state index in [0.717, 1.165) is 11.8 Å². The van der Waals surface area contributed by atoms with Crippen molar-refractivity contribution in [3.05, 3.63) is 84.4 Å². The number of nitrogens with zero attached hydrogens (tertiary/aromatic N) is 3. The molecule has 0 fully saturated rings. The number of primary sulfonamides is 1. The Labute approximate surface area is 162 Å². The highest BCUT2D eigenvalue weighted by Crippen LogP contribution is 2.29. The highest BCUT2D eigenvalue weighted by atomic mass is 32.2. The van der Waals surface area contributed by atoms with Crippen molar-refractivity contribution >= 4 is 27.2 Å². The van der Waals surface area contributed by atoms with Crippen LogP contribution in [0.4, 0.5) is 11.4 Å². The highest BCUT2D eigenvalue weighted by Gasteiger charge is 2.11. The third-order valence-electron chi connectivity index (χ3n) is 3.62. The van der Waals surface area contributed by atoms with Crippen LogP contribution in [-0.4, -0.2) is 19.4 Å². The minimum atomic E-state index is -3.93. The molecule has 4 N–H and O–H groups in total. The van der Waals surface area contributed by atoms with E-state index in [-0.39, 0.29) is 22.2 Å². The Morgan fingerprint density at radius 2 is 1.57 bits per heavy atom. The summed E-state index contributed by atoms with van der Waals surface area (Å²) in [6.45, 7) is 0. The Hall–Kier alpha value is -3.56. The summed E-state index contributed by atoms with van der Waals surface area (Å²) in [6.07, 6.45) is 0. The van der Waals surface area contributed by atoms with E-state index < -0.39 is 10.0 Å². The van der Waals surface area contributed by atoms with Crippen LogP contribution in [0.1, 0.15) is 5.56 Å². The first-order valence-corrected chi connectivity index (χ1v) is 9.70. The summed E-state index contributed by atoms with van der Waals surface area (Å²) in [4.78, 5) is -0.181. The number of hydrogen-bond donors (Lipinski definition) is 3. The van der Waals surface area contributed by atoms with E-state index in [1.54, 1.807) is 12.1 Å². The van der Waals surface area contributed by atoms with Gasteiger partial charge < -0.3 is 5.11 Å². The minimum Gasteiger partial charge on any atom is -0.506 e. The number of hydrazone groups is 1. The van der Waals surface area contributed by atoms with Gasteiger partial charge in [0.05, 0.1) is 10.6 Å². The molecule has 0 unspecified atom stereocenters. The summed E-state index contributed by atoms with van der Waals surface area (Å²) in [5.41, 5.74) is 4.27. The van der Waals surface area contributed by atoms with Gasteiger partial charge in [-0.15, -0.1) is 10.2 Å². The molecule has 0 saturated carbocycles. The molecule has 0 heterocycles. The lowest BCUT2D eigenvalue weighted by atomic mass is 10.2. The summed E-state index contributed by atoms with van der Waals surface area (Å²) in [7, 11) is -3.93. The van der Waals surface area contributed by atoms with Gasteiger partial charge in [0.1, 0.15) is 11.4 Å². The lowest BCUT2D eigenvalue weighted by Crippen LogP contribution is -2.11. The van der Waals surface area contributed by atoms with Gasteiger partial charge in [-0.3, -0.25) is 5.43 Å². The van der Waals surface area contributed by atoms with Crippen molar-refractivity contribution < 1.29 is 13.5 Å². The predicted molar refractivity (Wildman–Crippen MR) is 107 cm³/mol. The number of phenolic OH excluding ortho intramolecular Hbond substituents is 1. The molecule has 0 saturated heterocycles. The largest absolute Gasteiger partial charge is 0.506 e. The van der Waals surface area contributed by atoms with E-state index in [9.17, 15) is 13.5 Å². The lowest BCUT2D eigenvalue weighted by molar-refractivity contribution is 0.476. The van der Waals surface area contributed by atoms with Crippen LogP contribution < -0.4 is 10.6 Å². The van der Waals surface area contributed by atoms with Crippen molar-refractivity contribution in [3.8, 4) is 5.75 Å². The smallest absolute Gasteiger partial charge is 0.238 e. The fourth-order valence-corrected chi connectivity index (χ4v) is 2.76. The van der Waals surface area contributed by atoms with Gasteiger partial charge in [0.2, 0.25) is 15.9 Å². The molecule has 0 spiro atoms. The fraction of sp³-hybridized carbons (Fsp3) is 0. The van der Waals surface area contributed by atoms with Gasteiger partial charge in [-0.25, -0.2) is 13.6 Å². The first-order valence-electron chi connectivity index (χ1n) is 8.15. The minimum absolute atomic E-state index is 0.0464. The van der Waals surface area contributed by atoms with Crippen LogP contribution in [0, 0.1) is 0 Å². The number of anilines is 1. The third-order valence-corrected chi connectivity index (χ3v) is 4.54. The lowest BCUT2D eigenvalue weighted by Gasteiger charge is -2.04. The molecule has 142 valence electrons. The molecule has 3 aromatic carbocycles. The zero-order chi connectivity index (χ0) is 20.0. The Morgan fingerprint density at radius 3 is 2.21 bits per heavy atom. The number of aromatic hydroxyl groups is 1. The van der Waals surface area contributed by atoms with Gasteiger partial charge in [-0.1, -0.05) is 48.5 Å². The maximum atomic E-state index is 11.5. The molecule has 0 aromatic heterocycles. The Morgan fingerprint density at radius 1 is 0.929 bits per heavy atom. The number of benzene rings is 3. The van der Waals surface area contributed by atoms with Crippen molar-refractivity contribution in [3.63, 3.8) is 0 Å². The summed E-state index contributed by atoms with van der Waals surface area (Å²) < 4.78 is 23.0. The molecule has 0 radical (unpaired) electrons. The van der Waals surface area contributed by atoms with Crippen LogP contribution >= 0.6 is 0 Å². The van der Waals surface area contributed by atoms with E-state index in [1.165, 1.54) is 12.1 Å². The summed E-state index contributed by atoms with van der Waals surface area (Å²) in [5, 5.41) is 27.4. The molecule has 0 bridgehead atoms. The summed E-state index contributed by atoms with van der Waals surface area (Å²) in [5.74, 6) is 0.00411. The average molecular weight is 395 g/mol. The van der Waals surface area contributed by atoms with E-state index in [4.69, 9.17) is 5.14 Å². The van der Waals surface area contributed by atoms with Crippen LogP contribution in [0.25, 0.3) is 0 Å². The van der Waals surface area contributed by atoms with Gasteiger partial charge in [0.15, 0.2) is 0 Å². The van der Waals surface area contributed by atoms with Crippen molar-refractivity contribution in [2.45, 2.75) is 4.90 Å². The quantitative estimate of drug-likeness (QED) is 0.264. The second kappa shape index (κ2) is 8.42. The van der Waals surface area contributed by atoms with Gasteiger partial charge in [0.25, 0.3) is 0 Å². The van der Waals surface area contributed by atoms with Gasteiger partial charge in [-0.2, -0.15) is 5.10 Å². The molecule has 0 aliphatic rings. The maximum Gasteiger partial charge on any atom is 0.238 e. The topological polar surface area (TPSA) is 130 Å². The fourth-order valence-electron chi connectivity index (χ4n) is 2.22. The number of azo groups is 1. The Kier molecular flexibility index (Phi) is 5.78. The van der Waals surface area contributed by atoms with Crippen molar-refractivity contribution in [2.24, 2.45) is 20.5 Å². The second-order valence-corrected chi connectivity index (χ2v) is 7.24. The third kappa shape index (κ3) is 5.00. The molecular formula is C19H17N5O3S. The molecule has 8 nitrogen and oxygen atoms in total. The van der Waals surface area contributed by atoms with Gasteiger partial charge in [-0.05, 0) is 30.3 Å². The number of phenols is 1. The van der Waals surface area contributed by atoms with Crippen LogP contribution in [-0.2, 0) is 10.0 Å². The predicted octanol–water partition coefficient (Wildman–Crippen LogP) is 3.60. The Balaban J connectivity index is 1.96. The number of hydrogen-bond acceptors (Lipinski definition) is 6. The molecule has 9 heteroatoms. The zero-order valence-electron chi connectivity index (χ0n) is 14.6. The van der Waals surface area contributed by atoms with Crippen molar-refractivity contribution in [1.82, 2.24) is 0 Å². The Bertz CT molecular complexity index is 1110. The van der Waals surface area contributed by atoms with E-state index in [2.05, 4.69) is 20.8 Å². The maximum absolute atomic E-state index is 11.5. The normalized spacial score (nSPS) is 12.2. The zero-order valence-corrected chi connectivity index (χ0v) is 15.4. The number of nitrogens with two attached hydrogens (primary N) is 1. The molecule has 3 rings (SSSR count). The second-order valence-electron chi connectivity index (χ2n) is 5.67. The number of nitrogens with one attached hydrogen (secondary N) is 1. The molecule has 0 atom stereocenters. The van der Waals surface area contributed by atoms with E-state index in [1.807, 2.05) is 48.5 Å². The molecule has 3 aromatic rings. The van der Waals surface area contributed by atoms with Gasteiger partial charge >= 0.3 is 0 Å². The van der Waals surface area contributed by atoms with Crippen molar-refractivity contribution in [1.29, 1.82) is 0 Å². The summed E-state index contributed by atoms with van der Waals surface area (Å²) >= 11 is 0. The van der Waals surface area contributed by atoms with Crippen LogP contribution in [0.2, 0.25) is 0 Å². The van der Waals surface area contributed by atoms with E-state index >= 15 is 0 Å². The molecule has 0 aliphatic carbocycles. The molecular weight excluding hydrogens is 378 g/mol. The van der Waals surface area contributed by atoms with Crippen LogP contribution in [0.5, 0.6) is 5.75 Å². The molecule has 0 aliphatic heterocycles. The number of rotatable bonds is 5. The first kappa shape index (κ1) is 19.2. The number of sulfonamides is 1. The van der Waals surface area contributed by atoms with Crippen LogP contribution in [0.15, 0.2) is 99.1 Å². The highest BCUT2D eigenvalue weighted by molar-refractivity contribution is 7.89. The standard InChI is InChI=1S/C19H17N5O3S/c20-28(26,27)16-11-12-18(25)17(13-16)22-24-19(14-7-3-1-4-8-14)23-21-15-9-5-2-6-10-15/h1-13,21,25H,(H2,20,26,27)/b23-19+,24-22?. The average Bonchev–Trinajstić information content (AvgIpc) is 2.70. The van der Waals surface area contributed by atoms with E-state index in [0.29, 0.717) is 5.56 Å². The molecule has 0 amide bonds. The van der Waals surface area contributed by atoms with Crippen molar-refractivity contribution in [2.75, 3.05) is 5.43 Å². The van der Waals surface area contributed by atoms with Gasteiger partial charge in [0, 0.05) is 5.56 Å². The SMILES string of the molecule is NS(=O)(=O)c1ccc(O)c(N=N/C(=N/Nc2ccccc2)c2ccccc2)c1. The van der Waals surface area contributed by atoms with Crippen LogP contribution in [0.3, 0.4) is 0 Å². The number of amidine groups is 1.